The molecule has 0 aliphatic rings. The van der Waals surface area contributed by atoms with Gasteiger partial charge in [0.15, 0.2) is 11.2 Å². The first-order valence-corrected chi connectivity index (χ1v) is 8.44. The van der Waals surface area contributed by atoms with Crippen molar-refractivity contribution in [3.05, 3.63) is 52.6 Å². The average Bonchev–Trinajstić information content (AvgIpc) is 2.97. The van der Waals surface area contributed by atoms with E-state index in [-0.39, 0.29) is 24.8 Å². The van der Waals surface area contributed by atoms with Crippen LogP contribution in [0.5, 0.6) is 0 Å². The molecule has 0 bridgehead atoms. The van der Waals surface area contributed by atoms with E-state index in [4.69, 9.17) is 0 Å². The van der Waals surface area contributed by atoms with Crippen LogP contribution in [0.4, 0.5) is 17.6 Å². The fourth-order valence-electron chi connectivity index (χ4n) is 2.86. The Bertz CT molecular complexity index is 1010. The zero-order chi connectivity index (χ0) is 19.8. The topological polar surface area (TPSA) is 52.7 Å². The molecule has 9 heteroatoms. The van der Waals surface area contributed by atoms with Crippen LogP contribution in [-0.4, -0.2) is 25.3 Å². The van der Waals surface area contributed by atoms with Crippen molar-refractivity contribution in [1.82, 2.24) is 19.1 Å². The van der Waals surface area contributed by atoms with Gasteiger partial charge in [0.05, 0.1) is 17.9 Å². The molecule has 0 fully saturated rings. The van der Waals surface area contributed by atoms with E-state index in [0.29, 0.717) is 17.2 Å². The van der Waals surface area contributed by atoms with Crippen LogP contribution >= 0.6 is 0 Å². The molecular formula is C18H18F4N4O. The Labute approximate surface area is 152 Å². The Morgan fingerprint density at radius 1 is 1.19 bits per heavy atom. The first-order chi connectivity index (χ1) is 12.7. The summed E-state index contributed by atoms with van der Waals surface area (Å²) in [6.07, 6.45) is -2.50. The Morgan fingerprint density at radius 3 is 2.48 bits per heavy atom. The van der Waals surface area contributed by atoms with Crippen molar-refractivity contribution in [2.75, 3.05) is 0 Å². The highest BCUT2D eigenvalue weighted by atomic mass is 19.4. The number of rotatable bonds is 5. The van der Waals surface area contributed by atoms with E-state index in [0.717, 1.165) is 6.92 Å². The van der Waals surface area contributed by atoms with Gasteiger partial charge in [-0.2, -0.15) is 13.2 Å². The van der Waals surface area contributed by atoms with E-state index in [1.54, 1.807) is 11.6 Å². The maximum atomic E-state index is 13.2. The van der Waals surface area contributed by atoms with Gasteiger partial charge >= 0.3 is 6.18 Å². The zero-order valence-electron chi connectivity index (χ0n) is 14.8. The predicted octanol–water partition coefficient (Wildman–Crippen LogP) is 3.78. The smallest absolute Gasteiger partial charge is 0.318 e. The molecule has 0 aliphatic carbocycles. The highest BCUT2D eigenvalue weighted by Gasteiger charge is 2.35. The summed E-state index contributed by atoms with van der Waals surface area (Å²) in [5.74, 6) is -1.58. The molecule has 0 N–H and O–H groups in total. The molecule has 3 rings (SSSR count). The number of benzene rings is 1. The zero-order valence-corrected chi connectivity index (χ0v) is 14.8. The van der Waals surface area contributed by atoms with Crippen molar-refractivity contribution < 1.29 is 17.6 Å². The van der Waals surface area contributed by atoms with E-state index in [1.165, 1.54) is 35.2 Å². The summed E-state index contributed by atoms with van der Waals surface area (Å²) in [6, 6.07) is 5.27. The molecular weight excluding hydrogens is 364 g/mol. The molecule has 27 heavy (non-hydrogen) atoms. The summed E-state index contributed by atoms with van der Waals surface area (Å²) < 4.78 is 54.3. The van der Waals surface area contributed by atoms with Crippen molar-refractivity contribution in [2.45, 2.75) is 32.4 Å². The van der Waals surface area contributed by atoms with Crippen LogP contribution in [0.15, 0.2) is 35.4 Å². The number of nitrogens with zero attached hydrogens (tertiary/aromatic N) is 4. The fraction of sp³-hybridized carbons (Fsp3) is 0.389. The Balaban J connectivity index is 2.01. The maximum Gasteiger partial charge on any atom is 0.391 e. The number of fused-ring (bicyclic) bond motifs is 1. The minimum Gasteiger partial charge on any atom is -0.318 e. The molecule has 2 heterocycles. The molecule has 1 aromatic carbocycles. The van der Waals surface area contributed by atoms with Crippen LogP contribution in [0.3, 0.4) is 0 Å². The molecule has 0 amide bonds. The molecule has 5 nitrogen and oxygen atoms in total. The third-order valence-corrected chi connectivity index (χ3v) is 4.49. The lowest BCUT2D eigenvalue weighted by Gasteiger charge is -2.16. The number of aromatic nitrogens is 4. The maximum absolute atomic E-state index is 13.2. The summed E-state index contributed by atoms with van der Waals surface area (Å²) in [5, 5.41) is 0. The molecule has 0 aliphatic heterocycles. The SMILES string of the molecule is CC(CCCc1nc2c(ncn2C)c(=O)n1-c1ccc(F)cc1)C(F)(F)F. The van der Waals surface area contributed by atoms with Gasteiger partial charge in [-0.3, -0.25) is 9.36 Å². The quantitative estimate of drug-likeness (QED) is 0.631. The second-order valence-electron chi connectivity index (χ2n) is 6.51. The van der Waals surface area contributed by atoms with Crippen molar-refractivity contribution in [2.24, 2.45) is 13.0 Å². The number of alkyl halides is 3. The number of hydrogen-bond acceptors (Lipinski definition) is 3. The number of imidazole rings is 1. The monoisotopic (exact) mass is 382 g/mol. The first kappa shape index (κ1) is 19.1. The summed E-state index contributed by atoms with van der Waals surface area (Å²) in [4.78, 5) is 21.4. The van der Waals surface area contributed by atoms with E-state index in [2.05, 4.69) is 9.97 Å². The summed E-state index contributed by atoms with van der Waals surface area (Å²) in [5.41, 5.74) is 0.456. The fourth-order valence-corrected chi connectivity index (χ4v) is 2.86. The third kappa shape index (κ3) is 3.86. The molecule has 3 aromatic rings. The summed E-state index contributed by atoms with van der Waals surface area (Å²) in [6.45, 7) is 1.13. The summed E-state index contributed by atoms with van der Waals surface area (Å²) in [7, 11) is 1.68. The van der Waals surface area contributed by atoms with Crippen LogP contribution in [0.2, 0.25) is 0 Å². The number of aryl methyl sites for hydroxylation is 2. The predicted molar refractivity (Wildman–Crippen MR) is 92.2 cm³/mol. The number of hydrogen-bond donors (Lipinski definition) is 0. The average molecular weight is 382 g/mol. The van der Waals surface area contributed by atoms with E-state index in [9.17, 15) is 22.4 Å². The standard InChI is InChI=1S/C18H18F4N4O/c1-11(18(20,21)22)4-3-5-14-24-16-15(23-10-25(16)2)17(27)26(14)13-8-6-12(19)7-9-13/h6-11H,3-5H2,1-2H3. The van der Waals surface area contributed by atoms with Gasteiger partial charge < -0.3 is 4.57 Å². The molecule has 0 saturated carbocycles. The van der Waals surface area contributed by atoms with Crippen LogP contribution in [0.25, 0.3) is 16.9 Å². The van der Waals surface area contributed by atoms with Gasteiger partial charge in [-0.25, -0.2) is 14.4 Å². The lowest BCUT2D eigenvalue weighted by Crippen LogP contribution is -2.25. The van der Waals surface area contributed by atoms with E-state index in [1.807, 2.05) is 0 Å². The largest absolute Gasteiger partial charge is 0.391 e. The van der Waals surface area contributed by atoms with Gasteiger partial charge in [0, 0.05) is 13.5 Å². The molecule has 0 saturated heterocycles. The number of halogens is 4. The van der Waals surface area contributed by atoms with Gasteiger partial charge in [-0.15, -0.1) is 0 Å². The highest BCUT2D eigenvalue weighted by Crippen LogP contribution is 2.29. The normalized spacial score (nSPS) is 13.3. The van der Waals surface area contributed by atoms with Crippen molar-refractivity contribution >= 4 is 11.2 Å². The van der Waals surface area contributed by atoms with E-state index < -0.39 is 23.5 Å². The molecule has 1 atom stereocenters. The minimum atomic E-state index is -4.25. The van der Waals surface area contributed by atoms with Crippen molar-refractivity contribution in [3.8, 4) is 5.69 Å². The highest BCUT2D eigenvalue weighted by molar-refractivity contribution is 5.70. The van der Waals surface area contributed by atoms with E-state index >= 15 is 0 Å². The van der Waals surface area contributed by atoms with Crippen molar-refractivity contribution in [3.63, 3.8) is 0 Å². The lowest BCUT2D eigenvalue weighted by atomic mass is 10.0. The first-order valence-electron chi connectivity index (χ1n) is 8.44. The Morgan fingerprint density at radius 2 is 1.85 bits per heavy atom. The molecule has 2 aromatic heterocycles. The van der Waals surface area contributed by atoms with Crippen molar-refractivity contribution in [1.29, 1.82) is 0 Å². The van der Waals surface area contributed by atoms with Gasteiger partial charge in [0.2, 0.25) is 0 Å². The molecule has 1 unspecified atom stereocenters. The minimum absolute atomic E-state index is 0.0772. The Kier molecular flexibility index (Phi) is 5.03. The molecule has 144 valence electrons. The summed E-state index contributed by atoms with van der Waals surface area (Å²) >= 11 is 0. The second kappa shape index (κ2) is 7.13. The van der Waals surface area contributed by atoms with Gasteiger partial charge in [-0.05, 0) is 37.1 Å². The second-order valence-corrected chi connectivity index (χ2v) is 6.51. The lowest BCUT2D eigenvalue weighted by molar-refractivity contribution is -0.171. The van der Waals surface area contributed by atoms with Gasteiger partial charge in [0.1, 0.15) is 11.6 Å². The Hall–Kier alpha value is -2.71. The van der Waals surface area contributed by atoms with Gasteiger partial charge in [-0.1, -0.05) is 6.92 Å². The van der Waals surface area contributed by atoms with Crippen LogP contribution in [-0.2, 0) is 13.5 Å². The van der Waals surface area contributed by atoms with Gasteiger partial charge in [0.25, 0.3) is 5.56 Å². The van der Waals surface area contributed by atoms with Crippen LogP contribution in [0, 0.1) is 11.7 Å². The molecule has 0 spiro atoms. The van der Waals surface area contributed by atoms with Crippen LogP contribution < -0.4 is 5.56 Å². The third-order valence-electron chi connectivity index (χ3n) is 4.49. The van der Waals surface area contributed by atoms with Crippen LogP contribution in [0.1, 0.15) is 25.6 Å². The molecule has 0 radical (unpaired) electrons.